The first-order valence-corrected chi connectivity index (χ1v) is 5.91. The largest absolute Gasteiger partial charge is 0.416 e. The molecular formula is C9H17OSi. The second-order valence-electron chi connectivity index (χ2n) is 3.65. The van der Waals surface area contributed by atoms with Gasteiger partial charge in [0.2, 0.25) is 9.04 Å². The highest BCUT2D eigenvalue weighted by atomic mass is 28.3. The Kier molecular flexibility index (Phi) is 2.90. The Balaban J connectivity index is 2.50. The van der Waals surface area contributed by atoms with Gasteiger partial charge < -0.3 is 4.43 Å². The molecule has 1 aliphatic heterocycles. The third kappa shape index (κ3) is 2.17. The first-order valence-electron chi connectivity index (χ1n) is 4.29. The Hall–Kier alpha value is -0.0831. The average Bonchev–Trinajstić information content (AvgIpc) is 2.06. The third-order valence-corrected chi connectivity index (χ3v) is 5.31. The van der Waals surface area contributed by atoms with Crippen molar-refractivity contribution in [2.45, 2.75) is 37.8 Å². The molecule has 0 bridgehead atoms. The van der Waals surface area contributed by atoms with Crippen molar-refractivity contribution in [3.8, 4) is 0 Å². The van der Waals surface area contributed by atoms with Gasteiger partial charge in [-0.2, -0.15) is 0 Å². The summed E-state index contributed by atoms with van der Waals surface area (Å²) in [5.74, 6) is 0. The van der Waals surface area contributed by atoms with E-state index < -0.39 is 9.04 Å². The normalized spacial score (nSPS) is 21.6. The molecule has 1 rings (SSSR count). The van der Waals surface area contributed by atoms with E-state index in [0.29, 0.717) is 0 Å². The van der Waals surface area contributed by atoms with Crippen molar-refractivity contribution in [3.63, 3.8) is 0 Å². The molecule has 1 nitrogen and oxygen atoms in total. The maximum absolute atomic E-state index is 5.76. The van der Waals surface area contributed by atoms with Crippen LogP contribution in [0.4, 0.5) is 0 Å². The molecule has 1 radical (unpaired) electrons. The highest BCUT2D eigenvalue weighted by molar-refractivity contribution is 6.56. The van der Waals surface area contributed by atoms with Crippen LogP contribution in [0.15, 0.2) is 12.7 Å². The van der Waals surface area contributed by atoms with E-state index in [1.54, 1.807) is 0 Å². The van der Waals surface area contributed by atoms with Crippen LogP contribution in [0.5, 0.6) is 0 Å². The van der Waals surface area contributed by atoms with E-state index in [2.05, 4.69) is 20.4 Å². The standard InChI is InChI=1S/C9H17OSi/c1-4-9(2,3)11-8-6-5-7-10-11/h4H,1,5-8H2,2-3H3. The molecule has 63 valence electrons. The molecule has 1 fully saturated rings. The summed E-state index contributed by atoms with van der Waals surface area (Å²) in [4.78, 5) is 0. The predicted molar refractivity (Wildman–Crippen MR) is 50.0 cm³/mol. The number of rotatable bonds is 2. The Labute approximate surface area is 71.2 Å². The quantitative estimate of drug-likeness (QED) is 0.456. The van der Waals surface area contributed by atoms with Crippen LogP contribution < -0.4 is 0 Å². The minimum absolute atomic E-state index is 0.255. The van der Waals surface area contributed by atoms with Crippen molar-refractivity contribution in [2.24, 2.45) is 0 Å². The van der Waals surface area contributed by atoms with Crippen molar-refractivity contribution >= 4 is 9.04 Å². The highest BCUT2D eigenvalue weighted by Gasteiger charge is 2.31. The van der Waals surface area contributed by atoms with E-state index in [1.807, 2.05) is 6.08 Å². The number of hydrogen-bond donors (Lipinski definition) is 0. The van der Waals surface area contributed by atoms with Crippen molar-refractivity contribution in [1.29, 1.82) is 0 Å². The minimum Gasteiger partial charge on any atom is -0.416 e. The van der Waals surface area contributed by atoms with Crippen molar-refractivity contribution in [2.75, 3.05) is 6.61 Å². The lowest BCUT2D eigenvalue weighted by Gasteiger charge is -2.31. The molecule has 0 aromatic rings. The van der Waals surface area contributed by atoms with Gasteiger partial charge in [-0.05, 0) is 12.5 Å². The van der Waals surface area contributed by atoms with E-state index in [-0.39, 0.29) is 5.04 Å². The molecule has 0 spiro atoms. The van der Waals surface area contributed by atoms with Gasteiger partial charge >= 0.3 is 0 Å². The van der Waals surface area contributed by atoms with Gasteiger partial charge in [0.15, 0.2) is 0 Å². The molecule has 11 heavy (non-hydrogen) atoms. The predicted octanol–water partition coefficient (Wildman–Crippen LogP) is 2.75. The van der Waals surface area contributed by atoms with E-state index >= 15 is 0 Å². The van der Waals surface area contributed by atoms with Crippen LogP contribution >= 0.6 is 0 Å². The second-order valence-corrected chi connectivity index (χ2v) is 6.58. The summed E-state index contributed by atoms with van der Waals surface area (Å²) in [6.45, 7) is 9.30. The summed E-state index contributed by atoms with van der Waals surface area (Å²) < 4.78 is 5.76. The summed E-state index contributed by atoms with van der Waals surface area (Å²) >= 11 is 0. The fourth-order valence-electron chi connectivity index (χ4n) is 1.28. The Bertz CT molecular complexity index is 136. The molecule has 0 amide bonds. The van der Waals surface area contributed by atoms with Crippen molar-refractivity contribution < 1.29 is 4.43 Å². The summed E-state index contributed by atoms with van der Waals surface area (Å²) in [5.41, 5.74) is 0. The molecule has 0 aromatic heterocycles. The van der Waals surface area contributed by atoms with Crippen LogP contribution in [-0.4, -0.2) is 15.6 Å². The van der Waals surface area contributed by atoms with Gasteiger partial charge in [-0.15, -0.1) is 6.58 Å². The zero-order valence-corrected chi connectivity index (χ0v) is 8.52. The van der Waals surface area contributed by atoms with E-state index in [1.165, 1.54) is 18.9 Å². The number of allylic oxidation sites excluding steroid dienone is 1. The van der Waals surface area contributed by atoms with Crippen molar-refractivity contribution in [3.05, 3.63) is 12.7 Å². The molecule has 2 heteroatoms. The molecule has 0 N–H and O–H groups in total. The summed E-state index contributed by atoms with van der Waals surface area (Å²) in [5, 5.41) is 0.255. The maximum atomic E-state index is 5.76. The van der Waals surface area contributed by atoms with Crippen molar-refractivity contribution in [1.82, 2.24) is 0 Å². The van der Waals surface area contributed by atoms with Crippen LogP contribution in [-0.2, 0) is 4.43 Å². The molecule has 1 heterocycles. The van der Waals surface area contributed by atoms with Crippen LogP contribution in [0.25, 0.3) is 0 Å². The molecule has 0 aliphatic carbocycles. The van der Waals surface area contributed by atoms with E-state index in [0.717, 1.165) is 6.61 Å². The van der Waals surface area contributed by atoms with Crippen LogP contribution in [0.2, 0.25) is 11.1 Å². The fraction of sp³-hybridized carbons (Fsp3) is 0.778. The van der Waals surface area contributed by atoms with Crippen LogP contribution in [0, 0.1) is 0 Å². The first-order chi connectivity index (χ1) is 5.17. The van der Waals surface area contributed by atoms with E-state index in [9.17, 15) is 0 Å². The second kappa shape index (κ2) is 3.54. The minimum atomic E-state index is -0.593. The summed E-state index contributed by atoms with van der Waals surface area (Å²) in [6.07, 6.45) is 4.65. The Morgan fingerprint density at radius 3 is 2.64 bits per heavy atom. The molecule has 1 saturated heterocycles. The van der Waals surface area contributed by atoms with Gasteiger partial charge in [-0.1, -0.05) is 26.3 Å². The van der Waals surface area contributed by atoms with Crippen LogP contribution in [0.3, 0.4) is 0 Å². The lowest BCUT2D eigenvalue weighted by molar-refractivity contribution is 0.274. The molecule has 0 aromatic carbocycles. The SMILES string of the molecule is C=CC(C)(C)[Si]1CCCCO1. The van der Waals surface area contributed by atoms with Gasteiger partial charge in [0, 0.05) is 11.6 Å². The topological polar surface area (TPSA) is 9.23 Å². The zero-order chi connectivity index (χ0) is 8.32. The zero-order valence-electron chi connectivity index (χ0n) is 7.52. The maximum Gasteiger partial charge on any atom is 0.221 e. The summed E-state index contributed by atoms with van der Waals surface area (Å²) in [6, 6.07) is 1.30. The van der Waals surface area contributed by atoms with Gasteiger partial charge in [0.1, 0.15) is 0 Å². The Morgan fingerprint density at radius 2 is 2.18 bits per heavy atom. The fourth-order valence-corrected chi connectivity index (χ4v) is 3.63. The lowest BCUT2D eigenvalue weighted by atomic mass is 10.2. The lowest BCUT2D eigenvalue weighted by Crippen LogP contribution is -2.33. The smallest absolute Gasteiger partial charge is 0.221 e. The molecule has 0 saturated carbocycles. The Morgan fingerprint density at radius 1 is 1.45 bits per heavy atom. The van der Waals surface area contributed by atoms with Gasteiger partial charge in [-0.3, -0.25) is 0 Å². The highest BCUT2D eigenvalue weighted by Crippen LogP contribution is 2.34. The first kappa shape index (κ1) is 9.01. The third-order valence-electron chi connectivity index (χ3n) is 2.30. The molecule has 0 atom stereocenters. The van der Waals surface area contributed by atoms with Gasteiger partial charge in [0.25, 0.3) is 0 Å². The van der Waals surface area contributed by atoms with Crippen LogP contribution in [0.1, 0.15) is 26.7 Å². The van der Waals surface area contributed by atoms with Gasteiger partial charge in [-0.25, -0.2) is 0 Å². The van der Waals surface area contributed by atoms with E-state index in [4.69, 9.17) is 4.43 Å². The molecule has 0 unspecified atom stereocenters. The average molecular weight is 169 g/mol. The number of hydrogen-bond acceptors (Lipinski definition) is 1. The van der Waals surface area contributed by atoms with Gasteiger partial charge in [0.05, 0.1) is 0 Å². The molecule has 1 aliphatic rings. The monoisotopic (exact) mass is 169 g/mol. The summed E-state index contributed by atoms with van der Waals surface area (Å²) in [7, 11) is -0.593. The molecular weight excluding hydrogens is 152 g/mol.